The lowest BCUT2D eigenvalue weighted by atomic mass is 9.91. The zero-order valence-corrected chi connectivity index (χ0v) is 26.3. The Morgan fingerprint density at radius 3 is 2.59 bits per heavy atom. The average molecular weight is 620 g/mol. The standard InChI is InChI=1S/C36H34FN5O4/c1-19-23-12-9-15-45-32(23)25(37)17-24(19)31-30(33(35(43)44)46-36(3,4)5)20(2)38-29-18-28(41-42(29)31)34-39-26-14-13-22(16-27(26)40-34)21-10-7-6-8-11-21/h6-8,10-11,13-14,16-18,33H,9,12,15H2,1-5H3,(H,39,40)(H,43,44)/t33-/m0/s1. The third kappa shape index (κ3) is 5.18. The highest BCUT2D eigenvalue weighted by atomic mass is 19.1. The summed E-state index contributed by atoms with van der Waals surface area (Å²) in [5.74, 6) is -0.918. The monoisotopic (exact) mass is 619 g/mol. The van der Waals surface area contributed by atoms with Crippen molar-refractivity contribution in [1.82, 2.24) is 24.6 Å². The molecule has 0 saturated heterocycles. The maximum atomic E-state index is 15.7. The van der Waals surface area contributed by atoms with E-state index in [2.05, 4.69) is 17.1 Å². The number of benzene rings is 3. The van der Waals surface area contributed by atoms with E-state index in [1.54, 1.807) is 38.3 Å². The van der Waals surface area contributed by atoms with Crippen LogP contribution in [0.15, 0.2) is 60.7 Å². The SMILES string of the molecule is Cc1nc2cc(-c3nc4ccc(-c5ccccc5)cc4[nH]3)nn2c(-c2cc(F)c3c(c2C)CCCO3)c1[C@H](OC(C)(C)C)C(=O)O. The summed E-state index contributed by atoms with van der Waals surface area (Å²) in [6, 6.07) is 19.3. The number of halogens is 1. The maximum Gasteiger partial charge on any atom is 0.337 e. The minimum atomic E-state index is -1.39. The number of H-pyrrole nitrogens is 1. The van der Waals surface area contributed by atoms with Gasteiger partial charge in [-0.25, -0.2) is 23.7 Å². The molecule has 1 aliphatic heterocycles. The predicted molar refractivity (Wildman–Crippen MR) is 173 cm³/mol. The van der Waals surface area contributed by atoms with E-state index in [-0.39, 0.29) is 5.75 Å². The fraction of sp³-hybridized carbons (Fsp3) is 0.278. The summed E-state index contributed by atoms with van der Waals surface area (Å²) in [5, 5.41) is 15.4. The van der Waals surface area contributed by atoms with Crippen molar-refractivity contribution in [3.63, 3.8) is 0 Å². The summed E-state index contributed by atoms with van der Waals surface area (Å²) >= 11 is 0. The van der Waals surface area contributed by atoms with Crippen molar-refractivity contribution in [3.05, 3.63) is 88.9 Å². The summed E-state index contributed by atoms with van der Waals surface area (Å²) in [7, 11) is 0. The number of aromatic amines is 1. The molecule has 10 heteroatoms. The van der Waals surface area contributed by atoms with Crippen LogP contribution in [0.25, 0.3) is 50.6 Å². The fourth-order valence-electron chi connectivity index (χ4n) is 6.25. The van der Waals surface area contributed by atoms with Gasteiger partial charge >= 0.3 is 5.97 Å². The lowest BCUT2D eigenvalue weighted by molar-refractivity contribution is -0.160. The highest BCUT2D eigenvalue weighted by Crippen LogP contribution is 2.42. The van der Waals surface area contributed by atoms with Crippen LogP contribution in [0.4, 0.5) is 4.39 Å². The molecule has 3 aromatic carbocycles. The quantitative estimate of drug-likeness (QED) is 0.197. The Labute approximate surface area is 265 Å². The van der Waals surface area contributed by atoms with Gasteiger partial charge in [0.2, 0.25) is 0 Å². The van der Waals surface area contributed by atoms with E-state index in [1.807, 2.05) is 43.3 Å². The molecule has 0 aliphatic carbocycles. The van der Waals surface area contributed by atoms with Crippen molar-refractivity contribution in [3.8, 4) is 39.7 Å². The number of hydrogen-bond acceptors (Lipinski definition) is 6. The third-order valence-electron chi connectivity index (χ3n) is 8.31. The minimum Gasteiger partial charge on any atom is -0.490 e. The molecule has 0 bridgehead atoms. The highest BCUT2D eigenvalue weighted by Gasteiger charge is 2.34. The smallest absolute Gasteiger partial charge is 0.337 e. The molecule has 0 radical (unpaired) electrons. The number of imidazole rings is 1. The van der Waals surface area contributed by atoms with E-state index < -0.39 is 23.5 Å². The van der Waals surface area contributed by atoms with Crippen LogP contribution in [0, 0.1) is 19.7 Å². The molecule has 4 heterocycles. The molecule has 234 valence electrons. The third-order valence-corrected chi connectivity index (χ3v) is 8.31. The van der Waals surface area contributed by atoms with Crippen LogP contribution >= 0.6 is 0 Å². The van der Waals surface area contributed by atoms with Gasteiger partial charge in [-0.05, 0) is 82.3 Å². The number of aryl methyl sites for hydroxylation is 1. The number of ether oxygens (including phenoxy) is 2. The predicted octanol–water partition coefficient (Wildman–Crippen LogP) is 7.63. The van der Waals surface area contributed by atoms with Crippen molar-refractivity contribution >= 4 is 22.6 Å². The molecule has 1 atom stereocenters. The normalized spacial score (nSPS) is 14.0. The van der Waals surface area contributed by atoms with Crippen LogP contribution in [0.1, 0.15) is 55.7 Å². The Morgan fingerprint density at radius 1 is 1.07 bits per heavy atom. The molecule has 1 aliphatic rings. The summed E-state index contributed by atoms with van der Waals surface area (Å²) in [4.78, 5) is 25.8. The van der Waals surface area contributed by atoms with Crippen molar-refractivity contribution in [2.24, 2.45) is 0 Å². The molecular formula is C36H34FN5O4. The molecule has 3 aromatic heterocycles. The van der Waals surface area contributed by atoms with Gasteiger partial charge in [0.05, 0.1) is 28.9 Å². The van der Waals surface area contributed by atoms with Crippen molar-refractivity contribution in [1.29, 1.82) is 0 Å². The first-order valence-corrected chi connectivity index (χ1v) is 15.3. The van der Waals surface area contributed by atoms with Crippen molar-refractivity contribution in [2.45, 2.75) is 59.2 Å². The number of carboxylic acid groups (broad SMARTS) is 1. The van der Waals surface area contributed by atoms with Crippen LogP contribution in [0.5, 0.6) is 5.75 Å². The van der Waals surface area contributed by atoms with Gasteiger partial charge < -0.3 is 19.6 Å². The van der Waals surface area contributed by atoms with Crippen molar-refractivity contribution < 1.29 is 23.8 Å². The molecule has 2 N–H and O–H groups in total. The number of aliphatic carboxylic acids is 1. The molecule has 0 spiro atoms. The topological polar surface area (TPSA) is 115 Å². The first-order valence-electron chi connectivity index (χ1n) is 15.3. The van der Waals surface area contributed by atoms with Crippen LogP contribution in [0.2, 0.25) is 0 Å². The van der Waals surface area contributed by atoms with Crippen LogP contribution in [-0.4, -0.2) is 47.8 Å². The van der Waals surface area contributed by atoms with E-state index in [0.717, 1.165) is 39.7 Å². The molecule has 9 nitrogen and oxygen atoms in total. The van der Waals surface area contributed by atoms with Gasteiger partial charge in [0, 0.05) is 28.5 Å². The summed E-state index contributed by atoms with van der Waals surface area (Å²) in [6.45, 7) is 9.47. The summed E-state index contributed by atoms with van der Waals surface area (Å²) in [6.07, 6.45) is 0.00393. The second-order valence-corrected chi connectivity index (χ2v) is 12.7. The van der Waals surface area contributed by atoms with Crippen LogP contribution in [0.3, 0.4) is 0 Å². The zero-order valence-electron chi connectivity index (χ0n) is 26.3. The molecule has 0 saturated carbocycles. The van der Waals surface area contributed by atoms with Crippen LogP contribution in [-0.2, 0) is 16.0 Å². The van der Waals surface area contributed by atoms with E-state index in [1.165, 1.54) is 6.07 Å². The molecule has 0 fully saturated rings. The fourth-order valence-corrected chi connectivity index (χ4v) is 6.25. The largest absolute Gasteiger partial charge is 0.490 e. The number of hydrogen-bond donors (Lipinski definition) is 2. The van der Waals surface area contributed by atoms with Gasteiger partial charge in [0.15, 0.2) is 29.1 Å². The number of fused-ring (bicyclic) bond motifs is 3. The number of carbonyl (C=O) groups is 1. The Balaban J connectivity index is 1.46. The average Bonchev–Trinajstić information content (AvgIpc) is 3.65. The molecule has 7 rings (SSSR count). The molecule has 6 aromatic rings. The first kappa shape index (κ1) is 29.6. The number of aromatic nitrogens is 5. The Kier molecular flexibility index (Phi) is 7.12. The summed E-state index contributed by atoms with van der Waals surface area (Å²) < 4.78 is 29.1. The molecular weight excluding hydrogens is 585 g/mol. The Hall–Kier alpha value is -5.09. The van der Waals surface area contributed by atoms with Gasteiger partial charge in [0.25, 0.3) is 0 Å². The number of rotatable bonds is 6. The van der Waals surface area contributed by atoms with Crippen LogP contribution < -0.4 is 4.74 Å². The van der Waals surface area contributed by atoms with E-state index >= 15 is 4.39 Å². The van der Waals surface area contributed by atoms with Gasteiger partial charge in [-0.2, -0.15) is 5.10 Å². The van der Waals surface area contributed by atoms with Gasteiger partial charge in [0.1, 0.15) is 5.69 Å². The van der Waals surface area contributed by atoms with E-state index in [9.17, 15) is 9.90 Å². The zero-order chi connectivity index (χ0) is 32.3. The number of carboxylic acids is 1. The number of nitrogens with zero attached hydrogens (tertiary/aromatic N) is 4. The van der Waals surface area contributed by atoms with Crippen molar-refractivity contribution in [2.75, 3.05) is 6.61 Å². The van der Waals surface area contributed by atoms with Gasteiger partial charge in [-0.3, -0.25) is 0 Å². The van der Waals surface area contributed by atoms with Gasteiger partial charge in [-0.15, -0.1) is 0 Å². The first-order chi connectivity index (χ1) is 22.0. The lowest BCUT2D eigenvalue weighted by Crippen LogP contribution is -2.29. The Bertz CT molecular complexity index is 2150. The van der Waals surface area contributed by atoms with E-state index in [0.29, 0.717) is 52.7 Å². The van der Waals surface area contributed by atoms with E-state index in [4.69, 9.17) is 24.5 Å². The minimum absolute atomic E-state index is 0.245. The maximum absolute atomic E-state index is 15.7. The second-order valence-electron chi connectivity index (χ2n) is 12.7. The highest BCUT2D eigenvalue weighted by molar-refractivity contribution is 5.85. The molecule has 0 amide bonds. The number of nitrogens with one attached hydrogen (secondary N) is 1. The Morgan fingerprint density at radius 2 is 1.85 bits per heavy atom. The summed E-state index contributed by atoms with van der Waals surface area (Å²) in [5.41, 5.74) is 7.13. The second kappa shape index (κ2) is 11.1. The molecule has 0 unspecified atom stereocenters. The van der Waals surface area contributed by atoms with Gasteiger partial charge in [-0.1, -0.05) is 36.4 Å². The lowest BCUT2D eigenvalue weighted by Gasteiger charge is -2.28. The molecule has 46 heavy (non-hydrogen) atoms.